The number of hydrogen-bond acceptors (Lipinski definition) is 4. The number of rotatable bonds is 3. The van der Waals surface area contributed by atoms with Gasteiger partial charge >= 0.3 is 0 Å². The van der Waals surface area contributed by atoms with Gasteiger partial charge in [0.25, 0.3) is 0 Å². The molecule has 0 aliphatic carbocycles. The highest BCUT2D eigenvalue weighted by Crippen LogP contribution is 2.31. The topological polar surface area (TPSA) is 32.3 Å². The molecule has 1 aromatic heterocycles. The molecule has 4 rings (SSSR count). The molecule has 0 saturated carbocycles. The summed E-state index contributed by atoms with van der Waals surface area (Å²) < 4.78 is 0. The Morgan fingerprint density at radius 1 is 0.920 bits per heavy atom. The molecule has 0 amide bonds. The number of benzene rings is 2. The Morgan fingerprint density at radius 3 is 2.32 bits per heavy atom. The molecule has 128 valence electrons. The molecule has 3 aromatic rings. The molecule has 1 aliphatic rings. The van der Waals surface area contributed by atoms with Gasteiger partial charge in [-0.05, 0) is 44.0 Å². The minimum Gasteiger partial charge on any atom is -0.378 e. The molecular formula is C21H24N4. The van der Waals surface area contributed by atoms with E-state index in [9.17, 15) is 0 Å². The van der Waals surface area contributed by atoms with Crippen LogP contribution in [-0.4, -0.2) is 37.2 Å². The standard InChI is InChI=1S/C21H24N4/c1-15-6-11-19-18(14-15)20(16-7-9-17(10-8-16)24(2)3)23-21(22-19)25-12-4-5-13-25/h6-11,14H,4-5,12-13H2,1-3H3. The van der Waals surface area contributed by atoms with E-state index in [-0.39, 0.29) is 0 Å². The first kappa shape index (κ1) is 15.9. The Kier molecular flexibility index (Phi) is 4.04. The number of nitrogens with zero attached hydrogens (tertiary/aromatic N) is 4. The van der Waals surface area contributed by atoms with Gasteiger partial charge in [-0.3, -0.25) is 0 Å². The number of anilines is 2. The smallest absolute Gasteiger partial charge is 0.226 e. The highest BCUT2D eigenvalue weighted by atomic mass is 15.3. The Balaban J connectivity index is 1.88. The van der Waals surface area contributed by atoms with E-state index in [0.717, 1.165) is 41.2 Å². The van der Waals surface area contributed by atoms with Crippen LogP contribution in [0.2, 0.25) is 0 Å². The van der Waals surface area contributed by atoms with Crippen LogP contribution in [0.4, 0.5) is 11.6 Å². The number of aryl methyl sites for hydroxylation is 1. The van der Waals surface area contributed by atoms with Gasteiger partial charge in [-0.25, -0.2) is 9.97 Å². The Labute approximate surface area is 149 Å². The quantitative estimate of drug-likeness (QED) is 0.717. The Morgan fingerprint density at radius 2 is 1.64 bits per heavy atom. The van der Waals surface area contributed by atoms with Gasteiger partial charge in [0.15, 0.2) is 0 Å². The van der Waals surface area contributed by atoms with E-state index in [4.69, 9.17) is 9.97 Å². The third-order valence-corrected chi connectivity index (χ3v) is 4.89. The molecule has 2 aromatic carbocycles. The molecule has 1 saturated heterocycles. The maximum atomic E-state index is 4.97. The average molecular weight is 332 g/mol. The van der Waals surface area contributed by atoms with Crippen molar-refractivity contribution < 1.29 is 0 Å². The Hall–Kier alpha value is -2.62. The second-order valence-corrected chi connectivity index (χ2v) is 7.03. The highest BCUT2D eigenvalue weighted by molar-refractivity contribution is 5.93. The summed E-state index contributed by atoms with van der Waals surface area (Å²) >= 11 is 0. The maximum Gasteiger partial charge on any atom is 0.226 e. The molecule has 1 aliphatic heterocycles. The van der Waals surface area contributed by atoms with Crippen LogP contribution in [-0.2, 0) is 0 Å². The van der Waals surface area contributed by atoms with Crippen LogP contribution in [0.5, 0.6) is 0 Å². The lowest BCUT2D eigenvalue weighted by molar-refractivity contribution is 0.908. The summed E-state index contributed by atoms with van der Waals surface area (Å²) in [5.74, 6) is 0.862. The van der Waals surface area contributed by atoms with Crippen LogP contribution in [0.25, 0.3) is 22.2 Å². The number of fused-ring (bicyclic) bond motifs is 1. The number of aromatic nitrogens is 2. The SMILES string of the molecule is Cc1ccc2nc(N3CCCC3)nc(-c3ccc(N(C)C)cc3)c2c1. The zero-order valence-corrected chi connectivity index (χ0v) is 15.2. The predicted molar refractivity (Wildman–Crippen MR) is 105 cm³/mol. The summed E-state index contributed by atoms with van der Waals surface area (Å²) in [6.45, 7) is 4.22. The molecule has 4 nitrogen and oxygen atoms in total. The van der Waals surface area contributed by atoms with Crippen molar-refractivity contribution in [1.29, 1.82) is 0 Å². The summed E-state index contributed by atoms with van der Waals surface area (Å²) in [5.41, 5.74) is 5.62. The van der Waals surface area contributed by atoms with Crippen molar-refractivity contribution in [3.8, 4) is 11.3 Å². The first-order valence-corrected chi connectivity index (χ1v) is 8.93. The van der Waals surface area contributed by atoms with Crippen LogP contribution >= 0.6 is 0 Å². The summed E-state index contributed by atoms with van der Waals surface area (Å²) in [5, 5.41) is 1.13. The maximum absolute atomic E-state index is 4.97. The molecule has 0 radical (unpaired) electrons. The third-order valence-electron chi connectivity index (χ3n) is 4.89. The second kappa shape index (κ2) is 6.36. The van der Waals surface area contributed by atoms with Gasteiger partial charge in [-0.1, -0.05) is 23.8 Å². The lowest BCUT2D eigenvalue weighted by Crippen LogP contribution is -2.20. The van der Waals surface area contributed by atoms with Gasteiger partial charge in [0.1, 0.15) is 0 Å². The van der Waals surface area contributed by atoms with Crippen molar-refractivity contribution in [3.63, 3.8) is 0 Å². The largest absolute Gasteiger partial charge is 0.378 e. The molecule has 1 fully saturated rings. The van der Waals surface area contributed by atoms with Crippen LogP contribution in [0, 0.1) is 6.92 Å². The summed E-state index contributed by atoms with van der Waals surface area (Å²) in [4.78, 5) is 14.2. The summed E-state index contributed by atoms with van der Waals surface area (Å²) in [6.07, 6.45) is 2.45. The molecule has 25 heavy (non-hydrogen) atoms. The molecule has 2 heterocycles. The number of hydrogen-bond donors (Lipinski definition) is 0. The van der Waals surface area contributed by atoms with Crippen LogP contribution in [0.3, 0.4) is 0 Å². The molecule has 4 heteroatoms. The highest BCUT2D eigenvalue weighted by Gasteiger charge is 2.18. The molecule has 0 unspecified atom stereocenters. The molecule has 0 atom stereocenters. The van der Waals surface area contributed by atoms with E-state index in [1.807, 2.05) is 0 Å². The van der Waals surface area contributed by atoms with Crippen molar-refractivity contribution in [2.24, 2.45) is 0 Å². The molecule has 0 N–H and O–H groups in total. The van der Waals surface area contributed by atoms with Crippen molar-refractivity contribution >= 4 is 22.5 Å². The minimum atomic E-state index is 0.862. The fourth-order valence-corrected chi connectivity index (χ4v) is 3.43. The minimum absolute atomic E-state index is 0.862. The molecule has 0 spiro atoms. The van der Waals surface area contributed by atoms with E-state index >= 15 is 0 Å². The summed E-state index contributed by atoms with van der Waals surface area (Å²) in [7, 11) is 4.12. The van der Waals surface area contributed by atoms with E-state index in [1.54, 1.807) is 0 Å². The molecular weight excluding hydrogens is 308 g/mol. The van der Waals surface area contributed by atoms with Gasteiger partial charge < -0.3 is 9.80 Å². The van der Waals surface area contributed by atoms with Crippen LogP contribution in [0.15, 0.2) is 42.5 Å². The average Bonchev–Trinajstić information content (AvgIpc) is 3.15. The predicted octanol–water partition coefficient (Wildman–Crippen LogP) is 4.27. The van der Waals surface area contributed by atoms with E-state index in [2.05, 4.69) is 73.3 Å². The van der Waals surface area contributed by atoms with Crippen LogP contribution < -0.4 is 9.80 Å². The first-order valence-electron chi connectivity index (χ1n) is 8.93. The van der Waals surface area contributed by atoms with Gasteiger partial charge in [0.2, 0.25) is 5.95 Å². The lowest BCUT2D eigenvalue weighted by Gasteiger charge is -2.18. The van der Waals surface area contributed by atoms with E-state index < -0.39 is 0 Å². The zero-order chi connectivity index (χ0) is 17.4. The van der Waals surface area contributed by atoms with E-state index in [0.29, 0.717) is 0 Å². The zero-order valence-electron chi connectivity index (χ0n) is 15.2. The fourth-order valence-electron chi connectivity index (χ4n) is 3.43. The molecule has 0 bridgehead atoms. The van der Waals surface area contributed by atoms with Gasteiger partial charge in [0, 0.05) is 43.8 Å². The third kappa shape index (κ3) is 3.04. The van der Waals surface area contributed by atoms with Gasteiger partial charge in [0.05, 0.1) is 11.2 Å². The van der Waals surface area contributed by atoms with Gasteiger partial charge in [-0.15, -0.1) is 0 Å². The normalized spacial score (nSPS) is 14.3. The van der Waals surface area contributed by atoms with E-state index in [1.165, 1.54) is 24.1 Å². The first-order chi connectivity index (χ1) is 12.1. The Bertz CT molecular complexity index is 894. The fraction of sp³-hybridized carbons (Fsp3) is 0.333. The second-order valence-electron chi connectivity index (χ2n) is 7.03. The van der Waals surface area contributed by atoms with Crippen molar-refractivity contribution in [1.82, 2.24) is 9.97 Å². The lowest BCUT2D eigenvalue weighted by atomic mass is 10.0. The van der Waals surface area contributed by atoms with Gasteiger partial charge in [-0.2, -0.15) is 0 Å². The van der Waals surface area contributed by atoms with Crippen molar-refractivity contribution in [3.05, 3.63) is 48.0 Å². The monoisotopic (exact) mass is 332 g/mol. The summed E-state index contributed by atoms with van der Waals surface area (Å²) in [6, 6.07) is 15.0. The van der Waals surface area contributed by atoms with Crippen molar-refractivity contribution in [2.45, 2.75) is 19.8 Å². The van der Waals surface area contributed by atoms with Crippen LogP contribution in [0.1, 0.15) is 18.4 Å². The van der Waals surface area contributed by atoms with Crippen molar-refractivity contribution in [2.75, 3.05) is 37.0 Å².